The SMILES string of the molecule is [CH2]C(OC(C)C)C(CCCC)OC(C)C. The molecule has 2 heteroatoms. The lowest BCUT2D eigenvalue weighted by atomic mass is 10.1. The van der Waals surface area contributed by atoms with Gasteiger partial charge in [0.1, 0.15) is 0 Å². The van der Waals surface area contributed by atoms with Gasteiger partial charge in [-0.1, -0.05) is 19.8 Å². The minimum absolute atomic E-state index is 0.0565. The van der Waals surface area contributed by atoms with Gasteiger partial charge in [0.2, 0.25) is 0 Å². The molecule has 1 radical (unpaired) electrons. The Labute approximate surface area is 95.3 Å². The molecule has 0 saturated carbocycles. The number of rotatable bonds is 8. The quantitative estimate of drug-likeness (QED) is 0.616. The predicted molar refractivity (Wildman–Crippen MR) is 64.9 cm³/mol. The maximum atomic E-state index is 5.83. The molecule has 0 aromatic carbocycles. The topological polar surface area (TPSA) is 18.5 Å². The summed E-state index contributed by atoms with van der Waals surface area (Å²) in [5.41, 5.74) is 0. The van der Waals surface area contributed by atoms with E-state index in [-0.39, 0.29) is 24.4 Å². The summed E-state index contributed by atoms with van der Waals surface area (Å²) in [4.78, 5) is 0. The van der Waals surface area contributed by atoms with Gasteiger partial charge in [0.25, 0.3) is 0 Å². The zero-order chi connectivity index (χ0) is 11.8. The number of unbranched alkanes of at least 4 members (excludes halogenated alkanes) is 1. The monoisotopic (exact) mass is 215 g/mol. The molecule has 0 aromatic heterocycles. The summed E-state index contributed by atoms with van der Waals surface area (Å²) in [6.45, 7) is 14.4. The van der Waals surface area contributed by atoms with Crippen LogP contribution in [0, 0.1) is 6.92 Å². The second kappa shape index (κ2) is 8.12. The normalized spacial score (nSPS) is 16.0. The van der Waals surface area contributed by atoms with Crippen LogP contribution < -0.4 is 0 Å². The van der Waals surface area contributed by atoms with E-state index in [0.717, 1.165) is 6.42 Å². The van der Waals surface area contributed by atoms with E-state index in [1.54, 1.807) is 0 Å². The van der Waals surface area contributed by atoms with Crippen LogP contribution in [0.4, 0.5) is 0 Å². The van der Waals surface area contributed by atoms with Crippen molar-refractivity contribution in [2.24, 2.45) is 0 Å². The molecule has 2 atom stereocenters. The first-order valence-corrected chi connectivity index (χ1v) is 6.11. The summed E-state index contributed by atoms with van der Waals surface area (Å²) >= 11 is 0. The van der Waals surface area contributed by atoms with Gasteiger partial charge in [0, 0.05) is 0 Å². The summed E-state index contributed by atoms with van der Waals surface area (Å²) in [5, 5.41) is 0. The average molecular weight is 215 g/mol. The summed E-state index contributed by atoms with van der Waals surface area (Å²) < 4.78 is 11.5. The summed E-state index contributed by atoms with van der Waals surface area (Å²) in [6.07, 6.45) is 3.93. The van der Waals surface area contributed by atoms with Crippen LogP contribution in [0.25, 0.3) is 0 Å². The molecule has 0 N–H and O–H groups in total. The lowest BCUT2D eigenvalue weighted by molar-refractivity contribution is -0.0950. The molecule has 0 aliphatic carbocycles. The summed E-state index contributed by atoms with van der Waals surface area (Å²) in [6, 6.07) is 0. The minimum atomic E-state index is -0.0565. The molecule has 0 aromatic rings. The van der Waals surface area contributed by atoms with Crippen LogP contribution in [-0.2, 0) is 9.47 Å². The van der Waals surface area contributed by atoms with Gasteiger partial charge in [0.15, 0.2) is 0 Å². The Bertz CT molecular complexity index is 143. The molecule has 0 aliphatic rings. The maximum absolute atomic E-state index is 5.83. The Morgan fingerprint density at radius 1 is 1.00 bits per heavy atom. The van der Waals surface area contributed by atoms with Crippen LogP contribution >= 0.6 is 0 Å². The van der Waals surface area contributed by atoms with E-state index >= 15 is 0 Å². The molecule has 0 amide bonds. The van der Waals surface area contributed by atoms with Crippen molar-refractivity contribution in [2.45, 2.75) is 78.3 Å². The Hall–Kier alpha value is -0.0800. The van der Waals surface area contributed by atoms with Crippen LogP contribution in [0.15, 0.2) is 0 Å². The molecule has 0 rings (SSSR count). The smallest absolute Gasteiger partial charge is 0.0841 e. The standard InChI is InChI=1S/C13H27O2/c1-7-8-9-13(15-11(4)5)12(6)14-10(2)3/h10-13H,6-9H2,1-5H3. The fraction of sp³-hybridized carbons (Fsp3) is 0.923. The molecule has 2 unspecified atom stereocenters. The third-order valence-electron chi connectivity index (χ3n) is 2.15. The minimum Gasteiger partial charge on any atom is -0.373 e. The third kappa shape index (κ3) is 7.80. The van der Waals surface area contributed by atoms with Gasteiger partial charge in [-0.05, 0) is 41.0 Å². The van der Waals surface area contributed by atoms with Crippen molar-refractivity contribution >= 4 is 0 Å². The van der Waals surface area contributed by atoms with Gasteiger partial charge in [0.05, 0.1) is 24.4 Å². The lowest BCUT2D eigenvalue weighted by Gasteiger charge is -2.27. The fourth-order valence-electron chi connectivity index (χ4n) is 1.53. The highest BCUT2D eigenvalue weighted by molar-refractivity contribution is 4.74. The third-order valence-corrected chi connectivity index (χ3v) is 2.15. The van der Waals surface area contributed by atoms with E-state index in [9.17, 15) is 0 Å². The maximum Gasteiger partial charge on any atom is 0.0841 e. The molecule has 91 valence electrons. The van der Waals surface area contributed by atoms with E-state index in [2.05, 4.69) is 27.7 Å². The molecular formula is C13H27O2. The highest BCUT2D eigenvalue weighted by Gasteiger charge is 2.20. The molecule has 0 aliphatic heterocycles. The Morgan fingerprint density at radius 2 is 1.53 bits per heavy atom. The van der Waals surface area contributed by atoms with Crippen LogP contribution in [0.5, 0.6) is 0 Å². The van der Waals surface area contributed by atoms with Crippen LogP contribution in [0.3, 0.4) is 0 Å². The van der Waals surface area contributed by atoms with Gasteiger partial charge in [-0.15, -0.1) is 0 Å². The second-order valence-electron chi connectivity index (χ2n) is 4.59. The van der Waals surface area contributed by atoms with Crippen molar-refractivity contribution in [2.75, 3.05) is 0 Å². The predicted octanol–water partition coefficient (Wildman–Crippen LogP) is 3.60. The Morgan fingerprint density at radius 3 is 1.93 bits per heavy atom. The summed E-state index contributed by atoms with van der Waals surface area (Å²) in [5.74, 6) is 0. The molecule has 0 heterocycles. The first-order valence-electron chi connectivity index (χ1n) is 6.11. The van der Waals surface area contributed by atoms with Crippen molar-refractivity contribution in [3.63, 3.8) is 0 Å². The zero-order valence-electron chi connectivity index (χ0n) is 11.0. The molecule has 0 spiro atoms. The first kappa shape index (κ1) is 14.9. The lowest BCUT2D eigenvalue weighted by Crippen LogP contribution is -2.33. The molecule has 0 saturated heterocycles. The zero-order valence-corrected chi connectivity index (χ0v) is 11.0. The van der Waals surface area contributed by atoms with E-state index in [1.807, 2.05) is 13.8 Å². The highest BCUT2D eigenvalue weighted by atomic mass is 16.5. The van der Waals surface area contributed by atoms with E-state index in [4.69, 9.17) is 9.47 Å². The van der Waals surface area contributed by atoms with Crippen molar-refractivity contribution < 1.29 is 9.47 Å². The molecular weight excluding hydrogens is 188 g/mol. The average Bonchev–Trinajstić information content (AvgIpc) is 2.10. The highest BCUT2D eigenvalue weighted by Crippen LogP contribution is 2.15. The van der Waals surface area contributed by atoms with Crippen molar-refractivity contribution in [3.05, 3.63) is 6.92 Å². The molecule has 0 fully saturated rings. The van der Waals surface area contributed by atoms with Crippen LogP contribution in [0.1, 0.15) is 53.9 Å². The number of hydrogen-bond donors (Lipinski definition) is 0. The second-order valence-corrected chi connectivity index (χ2v) is 4.59. The van der Waals surface area contributed by atoms with Crippen molar-refractivity contribution in [3.8, 4) is 0 Å². The van der Waals surface area contributed by atoms with Gasteiger partial charge in [-0.3, -0.25) is 0 Å². The van der Waals surface area contributed by atoms with E-state index < -0.39 is 0 Å². The van der Waals surface area contributed by atoms with E-state index in [0.29, 0.717) is 0 Å². The van der Waals surface area contributed by atoms with Crippen molar-refractivity contribution in [1.82, 2.24) is 0 Å². The summed E-state index contributed by atoms with van der Waals surface area (Å²) in [7, 11) is 0. The molecule has 15 heavy (non-hydrogen) atoms. The molecule has 0 bridgehead atoms. The van der Waals surface area contributed by atoms with Gasteiger partial charge in [-0.2, -0.15) is 0 Å². The Balaban J connectivity index is 4.07. The van der Waals surface area contributed by atoms with Crippen LogP contribution in [0.2, 0.25) is 0 Å². The van der Waals surface area contributed by atoms with Crippen molar-refractivity contribution in [1.29, 1.82) is 0 Å². The largest absolute Gasteiger partial charge is 0.373 e. The Kier molecular flexibility index (Phi) is 8.07. The number of hydrogen-bond acceptors (Lipinski definition) is 2. The van der Waals surface area contributed by atoms with Gasteiger partial charge >= 0.3 is 0 Å². The molecule has 2 nitrogen and oxygen atoms in total. The van der Waals surface area contributed by atoms with Gasteiger partial charge in [-0.25, -0.2) is 0 Å². The van der Waals surface area contributed by atoms with Crippen LogP contribution in [-0.4, -0.2) is 24.4 Å². The number of ether oxygens (including phenoxy) is 2. The van der Waals surface area contributed by atoms with E-state index in [1.165, 1.54) is 12.8 Å². The fourth-order valence-corrected chi connectivity index (χ4v) is 1.53. The first-order chi connectivity index (χ1) is 6.97. The van der Waals surface area contributed by atoms with Gasteiger partial charge < -0.3 is 9.47 Å².